The Morgan fingerprint density at radius 2 is 1.33 bits per heavy atom. The standard InChI is InChI=1S/C24H20ClF2N5O3S.C22H17F2N5OS/c1-15(22-31-21(10-36-22)16-3-6-18(28-2)7-4-16)24(35-23(33)34-12-25,11-32-14-29-13-30-32)19-8-5-17(26)9-20(19)27;1-14(21-28-20(10-31-21)16-4-2-15(9-25)3-5-16)22(30,11-29-13-26-12-27-29)18-7-6-17(23)8-19(18)24/h3-10,13-15H,2,11-12H2,1H3;2-8,10,12-14,30H,11H2,1H3/t15-,24?;14-,22?/m00/s1. The molecule has 0 bridgehead atoms. The van der Waals surface area contributed by atoms with Crippen LogP contribution < -0.4 is 0 Å². The number of carbonyl (C=O) groups excluding carboxylic acids is 1. The van der Waals surface area contributed by atoms with Gasteiger partial charge in [-0.05, 0) is 49.2 Å². The topological polar surface area (TPSA) is 179 Å². The first-order chi connectivity index (χ1) is 32.3. The number of carbonyl (C=O) groups is 1. The van der Waals surface area contributed by atoms with Crippen LogP contribution in [0.25, 0.3) is 22.5 Å². The third kappa shape index (κ3) is 10.8. The summed E-state index contributed by atoms with van der Waals surface area (Å²) < 4.78 is 70.6. The first-order valence-corrected chi connectivity index (χ1v) is 22.2. The Hall–Kier alpha value is -7.18. The fourth-order valence-electron chi connectivity index (χ4n) is 7.19. The fraction of sp³-hybridized carbons (Fsp3) is 0.196. The summed E-state index contributed by atoms with van der Waals surface area (Å²) in [6.45, 7) is 6.71. The molecule has 14 nitrogen and oxygen atoms in total. The van der Waals surface area contributed by atoms with Gasteiger partial charge < -0.3 is 14.6 Å². The Balaban J connectivity index is 0.000000201. The normalized spacial score (nSPS) is 13.8. The van der Waals surface area contributed by atoms with Crippen molar-refractivity contribution in [1.82, 2.24) is 39.5 Å². The maximum atomic E-state index is 15.3. The molecular formula is C46H37ClF4N10O4S2. The van der Waals surface area contributed by atoms with E-state index in [1.165, 1.54) is 69.5 Å². The van der Waals surface area contributed by atoms with Gasteiger partial charge in [0.25, 0.3) is 0 Å². The fourth-order valence-corrected chi connectivity index (χ4v) is 9.22. The third-order valence-corrected chi connectivity index (χ3v) is 13.0. The van der Waals surface area contributed by atoms with Crippen LogP contribution in [0.3, 0.4) is 0 Å². The molecule has 0 amide bonds. The minimum Gasteiger partial charge on any atom is -0.420 e. The van der Waals surface area contributed by atoms with Crippen molar-refractivity contribution in [3.8, 4) is 28.6 Å². The summed E-state index contributed by atoms with van der Waals surface area (Å²) in [6, 6.07) is 22.0. The molecule has 0 spiro atoms. The number of ether oxygens (including phenoxy) is 2. The van der Waals surface area contributed by atoms with E-state index in [1.807, 2.05) is 22.9 Å². The van der Waals surface area contributed by atoms with Gasteiger partial charge in [-0.2, -0.15) is 15.5 Å². The number of hydrogen-bond acceptors (Lipinski definition) is 14. The lowest BCUT2D eigenvalue weighted by atomic mass is 9.81. The molecule has 0 aliphatic heterocycles. The van der Waals surface area contributed by atoms with E-state index in [2.05, 4.69) is 42.9 Å². The molecule has 0 aliphatic carbocycles. The van der Waals surface area contributed by atoms with E-state index in [0.29, 0.717) is 32.7 Å². The summed E-state index contributed by atoms with van der Waals surface area (Å²) in [5.74, 6) is -4.65. The van der Waals surface area contributed by atoms with E-state index in [9.17, 15) is 23.1 Å². The van der Waals surface area contributed by atoms with Crippen LogP contribution >= 0.6 is 34.3 Å². The molecule has 67 heavy (non-hydrogen) atoms. The number of aliphatic imine (C=N–C) groups is 1. The summed E-state index contributed by atoms with van der Waals surface area (Å²) in [5.41, 5.74) is 0.605. The average Bonchev–Trinajstić information content (AvgIpc) is 4.19. The van der Waals surface area contributed by atoms with Crippen LogP contribution in [0.1, 0.15) is 52.4 Å². The maximum absolute atomic E-state index is 15.3. The molecule has 0 aliphatic rings. The number of aliphatic hydroxyl groups is 1. The molecule has 4 atom stereocenters. The lowest BCUT2D eigenvalue weighted by Gasteiger charge is -2.37. The van der Waals surface area contributed by atoms with Crippen LogP contribution in [0.15, 0.2) is 126 Å². The summed E-state index contributed by atoms with van der Waals surface area (Å²) in [6.07, 6.45) is 4.28. The second-order valence-electron chi connectivity index (χ2n) is 14.8. The second kappa shape index (κ2) is 21.0. The monoisotopic (exact) mass is 968 g/mol. The summed E-state index contributed by atoms with van der Waals surface area (Å²) in [7, 11) is 0. The molecule has 0 saturated carbocycles. The number of thiazole rings is 2. The van der Waals surface area contributed by atoms with Gasteiger partial charge in [-0.1, -0.05) is 55.8 Å². The van der Waals surface area contributed by atoms with Gasteiger partial charge in [0.2, 0.25) is 0 Å². The van der Waals surface area contributed by atoms with Crippen LogP contribution in [0.4, 0.5) is 28.0 Å². The zero-order valence-corrected chi connectivity index (χ0v) is 37.8. The first kappa shape index (κ1) is 47.8. The zero-order valence-electron chi connectivity index (χ0n) is 35.4. The van der Waals surface area contributed by atoms with E-state index in [0.717, 1.165) is 35.4 Å². The molecule has 0 radical (unpaired) electrons. The van der Waals surface area contributed by atoms with E-state index in [4.69, 9.17) is 31.3 Å². The molecule has 4 heterocycles. The van der Waals surface area contributed by atoms with Gasteiger partial charge in [0.15, 0.2) is 11.7 Å². The number of nitriles is 1. The molecule has 1 N–H and O–H groups in total. The summed E-state index contributed by atoms with van der Waals surface area (Å²) >= 11 is 8.19. The molecule has 8 aromatic rings. The van der Waals surface area contributed by atoms with Crippen molar-refractivity contribution in [2.75, 3.05) is 6.07 Å². The summed E-state index contributed by atoms with van der Waals surface area (Å²) in [5, 5.41) is 33.5. The molecule has 4 aromatic heterocycles. The van der Waals surface area contributed by atoms with E-state index in [1.54, 1.807) is 50.2 Å². The number of benzene rings is 4. The van der Waals surface area contributed by atoms with Gasteiger partial charge in [-0.15, -0.1) is 22.7 Å². The summed E-state index contributed by atoms with van der Waals surface area (Å²) in [4.78, 5) is 33.6. The van der Waals surface area contributed by atoms with Crippen molar-refractivity contribution >= 4 is 52.8 Å². The van der Waals surface area contributed by atoms with Crippen molar-refractivity contribution in [2.45, 2.75) is 50.0 Å². The van der Waals surface area contributed by atoms with E-state index >= 15 is 4.39 Å². The zero-order chi connectivity index (χ0) is 47.7. The van der Waals surface area contributed by atoms with E-state index in [-0.39, 0.29) is 24.2 Å². The van der Waals surface area contributed by atoms with Crippen molar-refractivity contribution in [2.24, 2.45) is 4.99 Å². The van der Waals surface area contributed by atoms with Crippen LogP contribution in [0.2, 0.25) is 0 Å². The molecule has 4 aromatic carbocycles. The van der Waals surface area contributed by atoms with Crippen LogP contribution in [0, 0.1) is 34.6 Å². The highest BCUT2D eigenvalue weighted by Crippen LogP contribution is 2.45. The molecule has 0 saturated heterocycles. The molecule has 342 valence electrons. The largest absolute Gasteiger partial charge is 0.510 e. The highest BCUT2D eigenvalue weighted by atomic mass is 35.5. The number of rotatable bonds is 15. The molecule has 21 heteroatoms. The number of nitrogens with zero attached hydrogens (tertiary/aromatic N) is 10. The minimum absolute atomic E-state index is 0.0491. The lowest BCUT2D eigenvalue weighted by Crippen LogP contribution is -2.43. The van der Waals surface area contributed by atoms with Crippen LogP contribution in [-0.2, 0) is 33.8 Å². The Kier molecular flexibility index (Phi) is 15.0. The van der Waals surface area contributed by atoms with E-state index < -0.39 is 58.5 Å². The van der Waals surface area contributed by atoms with Gasteiger partial charge >= 0.3 is 6.16 Å². The Morgan fingerprint density at radius 1 is 0.806 bits per heavy atom. The average molecular weight is 969 g/mol. The molecular weight excluding hydrogens is 932 g/mol. The predicted molar refractivity (Wildman–Crippen MR) is 242 cm³/mol. The number of aromatic nitrogens is 8. The second-order valence-corrected chi connectivity index (χ2v) is 16.8. The Bertz CT molecular complexity index is 2990. The smallest absolute Gasteiger partial charge is 0.420 e. The van der Waals surface area contributed by atoms with Gasteiger partial charge in [0.05, 0.1) is 52.7 Å². The van der Waals surface area contributed by atoms with Crippen LogP contribution in [0.5, 0.6) is 0 Å². The predicted octanol–water partition coefficient (Wildman–Crippen LogP) is 10.3. The van der Waals surface area contributed by atoms with Gasteiger partial charge in [0, 0.05) is 51.1 Å². The quantitative estimate of drug-likeness (QED) is 0.0447. The highest BCUT2D eigenvalue weighted by Gasteiger charge is 2.48. The number of alkyl halides is 1. The Labute approximate surface area is 393 Å². The molecule has 8 rings (SSSR count). The van der Waals surface area contributed by atoms with Crippen molar-refractivity contribution in [1.29, 1.82) is 5.26 Å². The third-order valence-electron chi connectivity index (χ3n) is 10.8. The van der Waals surface area contributed by atoms with Crippen molar-refractivity contribution in [3.05, 3.63) is 171 Å². The first-order valence-electron chi connectivity index (χ1n) is 20.0. The molecule has 2 unspecified atom stereocenters. The van der Waals surface area contributed by atoms with Gasteiger partial charge in [-0.3, -0.25) is 4.99 Å². The number of halogens is 5. The van der Waals surface area contributed by atoms with Crippen molar-refractivity contribution in [3.63, 3.8) is 0 Å². The number of hydrogen-bond donors (Lipinski definition) is 1. The van der Waals surface area contributed by atoms with Crippen LogP contribution in [-0.4, -0.2) is 63.5 Å². The van der Waals surface area contributed by atoms with Gasteiger partial charge in [-0.25, -0.2) is 51.7 Å². The highest BCUT2D eigenvalue weighted by molar-refractivity contribution is 7.10. The maximum Gasteiger partial charge on any atom is 0.510 e. The van der Waals surface area contributed by atoms with Crippen molar-refractivity contribution < 1.29 is 36.9 Å². The van der Waals surface area contributed by atoms with Gasteiger partial charge in [0.1, 0.15) is 59.2 Å². The minimum atomic E-state index is -1.76. The lowest BCUT2D eigenvalue weighted by molar-refractivity contribution is -0.0620. The molecule has 0 fully saturated rings. The Morgan fingerprint density at radius 3 is 1.82 bits per heavy atom. The SMILES string of the molecule is C=Nc1ccc(-c2csc([C@H](C)C(Cn3cncn3)(OC(=O)OCCl)c3ccc(F)cc3F)n2)cc1.C[C@@H](c1nc(-c2ccc(C#N)cc2)cs1)C(O)(Cn1cncn1)c1ccc(F)cc1F.